The number of hydrogen-bond donors (Lipinski definition) is 1. The SMILES string of the molecule is O=C(NS(=O)(=O)C=Cc1ccccc1)c1ccc(N2CCCC2)nn1. The lowest BCUT2D eigenvalue weighted by Crippen LogP contribution is -2.30. The van der Waals surface area contributed by atoms with E-state index < -0.39 is 15.9 Å². The van der Waals surface area contributed by atoms with Gasteiger partial charge in [-0.3, -0.25) is 4.79 Å². The zero-order chi connectivity index (χ0) is 17.7. The average molecular weight is 358 g/mol. The maximum atomic E-state index is 12.1. The number of rotatable bonds is 5. The van der Waals surface area contributed by atoms with Crippen LogP contribution in [-0.4, -0.2) is 37.6 Å². The van der Waals surface area contributed by atoms with Crippen LogP contribution >= 0.6 is 0 Å². The molecule has 25 heavy (non-hydrogen) atoms. The lowest BCUT2D eigenvalue weighted by Gasteiger charge is -2.15. The number of anilines is 1. The van der Waals surface area contributed by atoms with E-state index in [4.69, 9.17) is 0 Å². The summed E-state index contributed by atoms with van der Waals surface area (Å²) in [6.07, 6.45) is 3.63. The first-order chi connectivity index (χ1) is 12.0. The quantitative estimate of drug-likeness (QED) is 0.876. The third-order valence-electron chi connectivity index (χ3n) is 3.79. The molecule has 1 aromatic carbocycles. The van der Waals surface area contributed by atoms with Gasteiger partial charge in [0, 0.05) is 13.1 Å². The van der Waals surface area contributed by atoms with Crippen molar-refractivity contribution in [1.29, 1.82) is 0 Å². The molecule has 0 unspecified atom stereocenters. The van der Waals surface area contributed by atoms with Crippen LogP contribution in [0.15, 0.2) is 47.9 Å². The summed E-state index contributed by atoms with van der Waals surface area (Å²) in [5.74, 6) is -0.112. The van der Waals surface area contributed by atoms with E-state index in [0.717, 1.165) is 36.9 Å². The van der Waals surface area contributed by atoms with Gasteiger partial charge in [0.05, 0.1) is 5.41 Å². The molecule has 1 amide bonds. The molecule has 8 heteroatoms. The molecule has 0 spiro atoms. The van der Waals surface area contributed by atoms with Crippen molar-refractivity contribution >= 4 is 27.8 Å². The molecule has 1 aliphatic heterocycles. The van der Waals surface area contributed by atoms with Gasteiger partial charge in [0.25, 0.3) is 15.9 Å². The summed E-state index contributed by atoms with van der Waals surface area (Å²) < 4.78 is 25.9. The molecule has 2 heterocycles. The Bertz CT molecular complexity index is 859. The summed E-state index contributed by atoms with van der Waals surface area (Å²) >= 11 is 0. The van der Waals surface area contributed by atoms with Crippen molar-refractivity contribution in [2.45, 2.75) is 12.8 Å². The monoisotopic (exact) mass is 358 g/mol. The molecule has 1 fully saturated rings. The minimum atomic E-state index is -3.91. The standard InChI is InChI=1S/C17H18N4O3S/c22-17(15-8-9-16(19-18-15)21-11-4-5-12-21)20-25(23,24)13-10-14-6-2-1-3-7-14/h1-3,6-10,13H,4-5,11-12H2,(H,20,22). The van der Waals surface area contributed by atoms with Gasteiger partial charge < -0.3 is 4.90 Å². The van der Waals surface area contributed by atoms with Gasteiger partial charge in [0.1, 0.15) is 0 Å². The summed E-state index contributed by atoms with van der Waals surface area (Å²) in [4.78, 5) is 14.1. The third-order valence-corrected chi connectivity index (χ3v) is 4.75. The van der Waals surface area contributed by atoms with Gasteiger partial charge in [-0.25, -0.2) is 13.1 Å². The Kier molecular flexibility index (Phi) is 5.08. The fourth-order valence-electron chi connectivity index (χ4n) is 2.51. The van der Waals surface area contributed by atoms with E-state index in [1.807, 2.05) is 10.8 Å². The molecule has 1 aromatic heterocycles. The van der Waals surface area contributed by atoms with Crippen LogP contribution < -0.4 is 9.62 Å². The van der Waals surface area contributed by atoms with Gasteiger partial charge in [0.2, 0.25) is 0 Å². The number of carbonyl (C=O) groups excluding carboxylic acids is 1. The second kappa shape index (κ2) is 7.43. The van der Waals surface area contributed by atoms with Gasteiger partial charge in [-0.1, -0.05) is 30.3 Å². The van der Waals surface area contributed by atoms with E-state index in [9.17, 15) is 13.2 Å². The lowest BCUT2D eigenvalue weighted by atomic mass is 10.2. The maximum Gasteiger partial charge on any atom is 0.285 e. The fourth-order valence-corrected chi connectivity index (χ4v) is 3.28. The van der Waals surface area contributed by atoms with Crippen LogP contribution in [0.5, 0.6) is 0 Å². The minimum Gasteiger partial charge on any atom is -0.355 e. The van der Waals surface area contributed by atoms with Crippen molar-refractivity contribution in [2.75, 3.05) is 18.0 Å². The van der Waals surface area contributed by atoms with Crippen molar-refractivity contribution in [3.8, 4) is 0 Å². The van der Waals surface area contributed by atoms with Crippen LogP contribution in [0.4, 0.5) is 5.82 Å². The topological polar surface area (TPSA) is 92.3 Å². The number of sulfonamides is 1. The molecule has 0 aliphatic carbocycles. The van der Waals surface area contributed by atoms with Gasteiger partial charge in [-0.15, -0.1) is 10.2 Å². The predicted octanol–water partition coefficient (Wildman–Crippen LogP) is 1.81. The summed E-state index contributed by atoms with van der Waals surface area (Å²) in [7, 11) is -3.91. The van der Waals surface area contributed by atoms with Crippen LogP contribution in [0.3, 0.4) is 0 Å². The summed E-state index contributed by atoms with van der Waals surface area (Å²) in [5.41, 5.74) is 0.676. The number of amides is 1. The first-order valence-electron chi connectivity index (χ1n) is 7.92. The second-order valence-corrected chi connectivity index (χ2v) is 7.23. The predicted molar refractivity (Wildman–Crippen MR) is 95.3 cm³/mol. The summed E-state index contributed by atoms with van der Waals surface area (Å²) in [5, 5.41) is 8.79. The molecular formula is C17H18N4O3S. The molecule has 3 rings (SSSR count). The Morgan fingerprint density at radius 1 is 1.04 bits per heavy atom. The molecule has 1 aliphatic rings. The number of carbonyl (C=O) groups is 1. The normalized spacial score (nSPS) is 14.8. The first-order valence-corrected chi connectivity index (χ1v) is 9.47. The van der Waals surface area contributed by atoms with Gasteiger partial charge in [0.15, 0.2) is 11.5 Å². The van der Waals surface area contributed by atoms with Crippen LogP contribution in [0.2, 0.25) is 0 Å². The Morgan fingerprint density at radius 2 is 1.76 bits per heavy atom. The fraction of sp³-hybridized carbons (Fsp3) is 0.235. The first kappa shape index (κ1) is 17.1. The van der Waals surface area contributed by atoms with E-state index in [0.29, 0.717) is 5.82 Å². The van der Waals surface area contributed by atoms with Crippen LogP contribution in [0.1, 0.15) is 28.9 Å². The van der Waals surface area contributed by atoms with Crippen molar-refractivity contribution in [1.82, 2.24) is 14.9 Å². The smallest absolute Gasteiger partial charge is 0.285 e. The van der Waals surface area contributed by atoms with Crippen LogP contribution in [-0.2, 0) is 10.0 Å². The van der Waals surface area contributed by atoms with E-state index in [2.05, 4.69) is 15.1 Å². The van der Waals surface area contributed by atoms with E-state index in [1.54, 1.807) is 30.3 Å². The number of aromatic nitrogens is 2. The molecule has 1 N–H and O–H groups in total. The zero-order valence-corrected chi connectivity index (χ0v) is 14.3. The number of nitrogens with one attached hydrogen (secondary N) is 1. The highest BCUT2D eigenvalue weighted by molar-refractivity contribution is 7.93. The molecule has 0 atom stereocenters. The zero-order valence-electron chi connectivity index (χ0n) is 13.5. The van der Waals surface area contributed by atoms with E-state index in [-0.39, 0.29) is 5.69 Å². The van der Waals surface area contributed by atoms with Gasteiger partial charge >= 0.3 is 0 Å². The molecule has 2 aromatic rings. The number of nitrogens with zero attached hydrogens (tertiary/aromatic N) is 3. The van der Waals surface area contributed by atoms with Crippen molar-refractivity contribution in [2.24, 2.45) is 0 Å². The molecular weight excluding hydrogens is 340 g/mol. The maximum absolute atomic E-state index is 12.1. The Hall–Kier alpha value is -2.74. The molecule has 7 nitrogen and oxygen atoms in total. The number of benzene rings is 1. The Labute approximate surface area is 146 Å². The molecule has 0 bridgehead atoms. The van der Waals surface area contributed by atoms with Crippen molar-refractivity contribution in [3.63, 3.8) is 0 Å². The second-order valence-electron chi connectivity index (χ2n) is 5.66. The lowest BCUT2D eigenvalue weighted by molar-refractivity contribution is 0.0976. The average Bonchev–Trinajstić information content (AvgIpc) is 3.15. The largest absolute Gasteiger partial charge is 0.355 e. The summed E-state index contributed by atoms with van der Waals surface area (Å²) in [6.45, 7) is 1.83. The van der Waals surface area contributed by atoms with E-state index in [1.165, 1.54) is 12.1 Å². The molecule has 130 valence electrons. The third kappa shape index (κ3) is 4.63. The molecule has 0 saturated carbocycles. The number of hydrogen-bond acceptors (Lipinski definition) is 6. The van der Waals surface area contributed by atoms with Crippen molar-refractivity contribution < 1.29 is 13.2 Å². The highest BCUT2D eigenvalue weighted by Crippen LogP contribution is 2.16. The minimum absolute atomic E-state index is 0.0420. The van der Waals surface area contributed by atoms with Gasteiger partial charge in [-0.05, 0) is 36.6 Å². The highest BCUT2D eigenvalue weighted by Gasteiger charge is 2.17. The molecule has 1 saturated heterocycles. The van der Waals surface area contributed by atoms with E-state index >= 15 is 0 Å². The van der Waals surface area contributed by atoms with Crippen LogP contribution in [0.25, 0.3) is 6.08 Å². The Morgan fingerprint density at radius 3 is 2.40 bits per heavy atom. The van der Waals surface area contributed by atoms with Crippen LogP contribution in [0, 0.1) is 0 Å². The van der Waals surface area contributed by atoms with Crippen molar-refractivity contribution in [3.05, 3.63) is 59.1 Å². The summed E-state index contributed by atoms with van der Waals surface area (Å²) in [6, 6.07) is 12.1. The Balaban J connectivity index is 1.65. The van der Waals surface area contributed by atoms with Gasteiger partial charge in [-0.2, -0.15) is 0 Å². The molecule has 0 radical (unpaired) electrons. The highest BCUT2D eigenvalue weighted by atomic mass is 32.2.